The Balaban J connectivity index is -0.000000458. The van der Waals surface area contributed by atoms with E-state index in [1.54, 1.807) is 6.92 Å². The second-order valence-corrected chi connectivity index (χ2v) is 9.09. The molecule has 1 aromatic rings. The molecule has 2 fully saturated rings. The molecule has 2 bridgehead atoms. The molecule has 36 heavy (non-hydrogen) atoms. The Kier molecular flexibility index (Phi) is 24.8. The van der Waals surface area contributed by atoms with Gasteiger partial charge in [0.15, 0.2) is 6.79 Å². The molecule has 1 aromatic carbocycles. The number of carboxylic acid groups (broad SMARTS) is 1. The van der Waals surface area contributed by atoms with Gasteiger partial charge in [-0.15, -0.1) is 0 Å². The molecule has 0 heterocycles. The fraction of sp³-hybridized carbons (Fsp3) is 0.742. The van der Waals surface area contributed by atoms with Crippen molar-refractivity contribution in [3.63, 3.8) is 0 Å². The number of aliphatic carboxylic acids is 1. The molecule has 1 N–H and O–H groups in total. The summed E-state index contributed by atoms with van der Waals surface area (Å²) in [5.74, 6) is -0.102. The topological polar surface area (TPSA) is 72.8 Å². The predicted molar refractivity (Wildman–Crippen MR) is 157 cm³/mol. The summed E-state index contributed by atoms with van der Waals surface area (Å²) in [6.45, 7) is 6.41. The fourth-order valence-corrected chi connectivity index (χ4v) is 5.35. The molecular formula is C31H62O5. The van der Waals surface area contributed by atoms with Gasteiger partial charge in [-0.25, -0.2) is 0 Å². The van der Waals surface area contributed by atoms with E-state index in [2.05, 4.69) is 6.92 Å². The Morgan fingerprint density at radius 2 is 1.50 bits per heavy atom. The molecule has 2 aliphatic rings. The van der Waals surface area contributed by atoms with Gasteiger partial charge in [-0.05, 0) is 60.8 Å². The minimum absolute atomic E-state index is 0. The number of benzene rings is 1. The highest BCUT2D eigenvalue weighted by atomic mass is 16.7. The maximum Gasteiger partial charge on any atom is 0.311 e. The summed E-state index contributed by atoms with van der Waals surface area (Å²) in [5.41, 5.74) is 1.09. The average Bonchev–Trinajstić information content (AvgIpc) is 3.31. The van der Waals surface area contributed by atoms with Crippen LogP contribution in [0.15, 0.2) is 30.3 Å². The minimum Gasteiger partial charge on any atom is -0.481 e. The molecule has 0 aliphatic heterocycles. The lowest BCUT2D eigenvalue weighted by Crippen LogP contribution is -2.31. The summed E-state index contributed by atoms with van der Waals surface area (Å²) in [6, 6.07) is 9.83. The van der Waals surface area contributed by atoms with Gasteiger partial charge in [-0.2, -0.15) is 0 Å². The number of hydrogen-bond donors (Lipinski definition) is 1. The minimum atomic E-state index is -0.982. The smallest absolute Gasteiger partial charge is 0.311 e. The number of esters is 1. The Labute approximate surface area is 225 Å². The monoisotopic (exact) mass is 514 g/mol. The van der Waals surface area contributed by atoms with Gasteiger partial charge in [0.25, 0.3) is 0 Å². The van der Waals surface area contributed by atoms with E-state index < -0.39 is 23.8 Å². The van der Waals surface area contributed by atoms with E-state index in [4.69, 9.17) is 9.47 Å². The van der Waals surface area contributed by atoms with Gasteiger partial charge < -0.3 is 14.6 Å². The van der Waals surface area contributed by atoms with Crippen molar-refractivity contribution < 1.29 is 24.2 Å². The molecule has 2 aliphatic carbocycles. The van der Waals surface area contributed by atoms with Crippen LogP contribution in [0.3, 0.4) is 0 Å². The van der Waals surface area contributed by atoms with Crippen LogP contribution >= 0.6 is 0 Å². The van der Waals surface area contributed by atoms with Crippen molar-refractivity contribution >= 4 is 11.9 Å². The van der Waals surface area contributed by atoms with Crippen molar-refractivity contribution in [2.75, 3.05) is 13.4 Å². The molecule has 0 amide bonds. The Bertz CT molecular complexity index is 687. The Morgan fingerprint density at radius 1 is 0.944 bits per heavy atom. The van der Waals surface area contributed by atoms with Crippen molar-refractivity contribution in [2.24, 2.45) is 35.5 Å². The normalized spacial score (nSPS) is 23.1. The third kappa shape index (κ3) is 10.6. The third-order valence-electron chi connectivity index (χ3n) is 7.40. The van der Waals surface area contributed by atoms with Crippen LogP contribution in [-0.4, -0.2) is 30.4 Å². The zero-order valence-corrected chi connectivity index (χ0v) is 17.8. The first-order valence-electron chi connectivity index (χ1n) is 10.9. The fourth-order valence-electron chi connectivity index (χ4n) is 5.35. The molecule has 0 spiro atoms. The lowest BCUT2D eigenvalue weighted by atomic mass is 9.81. The van der Waals surface area contributed by atoms with Gasteiger partial charge in [-0.1, -0.05) is 103 Å². The van der Waals surface area contributed by atoms with E-state index in [0.717, 1.165) is 17.4 Å². The van der Waals surface area contributed by atoms with Crippen LogP contribution in [0.2, 0.25) is 0 Å². The SMILES string of the molecule is C.C.C.C.C.C.C.CC(CC(C(=O)OCOCC1C2CCC(C2)C1C)C(C)C(=O)O)c1ccccc1. The molecule has 0 aromatic heterocycles. The van der Waals surface area contributed by atoms with Crippen molar-refractivity contribution in [1.82, 2.24) is 0 Å². The second-order valence-electron chi connectivity index (χ2n) is 9.09. The van der Waals surface area contributed by atoms with E-state index in [0.29, 0.717) is 24.9 Å². The average molecular weight is 515 g/mol. The van der Waals surface area contributed by atoms with E-state index in [9.17, 15) is 14.7 Å². The van der Waals surface area contributed by atoms with E-state index >= 15 is 0 Å². The summed E-state index contributed by atoms with van der Waals surface area (Å²) in [5, 5.41) is 9.45. The number of rotatable bonds is 10. The molecule has 0 saturated heterocycles. The van der Waals surface area contributed by atoms with Gasteiger partial charge in [0, 0.05) is 0 Å². The quantitative estimate of drug-likeness (QED) is 0.191. The van der Waals surface area contributed by atoms with Crippen LogP contribution in [0.25, 0.3) is 0 Å². The first-order chi connectivity index (χ1) is 13.9. The summed E-state index contributed by atoms with van der Waals surface area (Å²) in [4.78, 5) is 24.2. The van der Waals surface area contributed by atoms with Crippen LogP contribution in [0.4, 0.5) is 0 Å². The third-order valence-corrected chi connectivity index (χ3v) is 7.40. The van der Waals surface area contributed by atoms with Crippen molar-refractivity contribution in [2.45, 2.75) is 104 Å². The van der Waals surface area contributed by atoms with Gasteiger partial charge >= 0.3 is 11.9 Å². The number of carboxylic acids is 1. The zero-order valence-electron chi connectivity index (χ0n) is 17.8. The van der Waals surface area contributed by atoms with Gasteiger partial charge in [0.2, 0.25) is 0 Å². The largest absolute Gasteiger partial charge is 0.481 e. The highest BCUT2D eigenvalue weighted by Crippen LogP contribution is 2.52. The van der Waals surface area contributed by atoms with Gasteiger partial charge in [0.1, 0.15) is 0 Å². The molecule has 2 saturated carbocycles. The molecule has 5 nitrogen and oxygen atoms in total. The predicted octanol–water partition coefficient (Wildman–Crippen LogP) is 9.17. The first kappa shape index (κ1) is 44.1. The number of carbonyl (C=O) groups is 2. The van der Waals surface area contributed by atoms with Crippen LogP contribution < -0.4 is 0 Å². The lowest BCUT2D eigenvalue weighted by Gasteiger charge is -2.28. The van der Waals surface area contributed by atoms with Crippen LogP contribution in [0.5, 0.6) is 0 Å². The van der Waals surface area contributed by atoms with Crippen molar-refractivity contribution in [3.05, 3.63) is 35.9 Å². The zero-order chi connectivity index (χ0) is 21.0. The summed E-state index contributed by atoms with van der Waals surface area (Å²) < 4.78 is 11.1. The van der Waals surface area contributed by atoms with Crippen molar-refractivity contribution in [3.8, 4) is 0 Å². The van der Waals surface area contributed by atoms with Gasteiger partial charge in [0.05, 0.1) is 18.4 Å². The van der Waals surface area contributed by atoms with E-state index in [1.807, 2.05) is 37.3 Å². The molecular weight excluding hydrogens is 452 g/mol. The van der Waals surface area contributed by atoms with E-state index in [-0.39, 0.29) is 64.7 Å². The van der Waals surface area contributed by atoms with Crippen LogP contribution in [-0.2, 0) is 19.1 Å². The summed E-state index contributed by atoms with van der Waals surface area (Å²) in [7, 11) is 0. The Hall–Kier alpha value is -1.88. The van der Waals surface area contributed by atoms with E-state index in [1.165, 1.54) is 19.3 Å². The molecule has 7 atom stereocenters. The van der Waals surface area contributed by atoms with Crippen molar-refractivity contribution in [1.29, 1.82) is 0 Å². The number of carbonyl (C=O) groups excluding carboxylic acids is 1. The highest BCUT2D eigenvalue weighted by Gasteiger charge is 2.45. The number of ether oxygens (including phenoxy) is 2. The highest BCUT2D eigenvalue weighted by molar-refractivity contribution is 5.80. The summed E-state index contributed by atoms with van der Waals surface area (Å²) >= 11 is 0. The molecule has 0 radical (unpaired) electrons. The molecule has 5 heteroatoms. The maximum atomic E-state index is 12.7. The lowest BCUT2D eigenvalue weighted by molar-refractivity contribution is -0.169. The number of fused-ring (bicyclic) bond motifs is 2. The maximum absolute atomic E-state index is 12.7. The molecule has 3 rings (SSSR count). The molecule has 7 unspecified atom stereocenters. The van der Waals surface area contributed by atoms with Gasteiger partial charge in [-0.3, -0.25) is 9.59 Å². The summed E-state index contributed by atoms with van der Waals surface area (Å²) in [6.07, 6.45) is 4.37. The Morgan fingerprint density at radius 3 is 2.00 bits per heavy atom. The number of hydrogen-bond acceptors (Lipinski definition) is 4. The second kappa shape index (κ2) is 20.2. The van der Waals surface area contributed by atoms with Crippen LogP contribution in [0, 0.1) is 35.5 Å². The van der Waals surface area contributed by atoms with Crippen LogP contribution in [0.1, 0.15) is 110 Å². The molecule has 216 valence electrons. The first-order valence-corrected chi connectivity index (χ1v) is 10.9. The standard InChI is InChI=1S/C24H34O5.7CH4/c1-15(18-7-5-4-6-8-18)11-21(17(3)23(25)26)24(27)29-14-28-13-22-16(2)19-9-10-20(22)12-19;;;;;;;/h4-8,15-17,19-22H,9-14H2,1-3H3,(H,25,26);7*1H4.